The van der Waals surface area contributed by atoms with Crippen LogP contribution in [0.25, 0.3) is 6.08 Å². The summed E-state index contributed by atoms with van der Waals surface area (Å²) in [5, 5.41) is 11.9. The van der Waals surface area contributed by atoms with Crippen molar-refractivity contribution in [2.45, 2.75) is 38.5 Å². The maximum absolute atomic E-state index is 12.1. The molecular formula is C22H23BrN2O4. The first-order chi connectivity index (χ1) is 14.0. The maximum Gasteiger partial charge on any atom is 0.352 e. The van der Waals surface area contributed by atoms with E-state index < -0.39 is 5.97 Å². The molecule has 1 aliphatic carbocycles. The number of carboxylic acid groups (broad SMARTS) is 1. The van der Waals surface area contributed by atoms with Crippen LogP contribution >= 0.6 is 15.9 Å². The number of carbonyl (C=O) groups excluding carboxylic acids is 1. The van der Waals surface area contributed by atoms with Crippen LogP contribution in [0.2, 0.25) is 0 Å². The van der Waals surface area contributed by atoms with Crippen LogP contribution in [0.1, 0.15) is 44.1 Å². The fourth-order valence-electron chi connectivity index (χ4n) is 3.35. The summed E-state index contributed by atoms with van der Waals surface area (Å²) in [6, 6.07) is 10.5. The number of nitrogens with zero attached hydrogens (tertiary/aromatic N) is 1. The minimum Gasteiger partial charge on any atom is -0.477 e. The van der Waals surface area contributed by atoms with Gasteiger partial charge in [0.15, 0.2) is 0 Å². The van der Waals surface area contributed by atoms with Crippen LogP contribution in [0.15, 0.2) is 52.8 Å². The van der Waals surface area contributed by atoms with E-state index >= 15 is 0 Å². The molecule has 7 heteroatoms. The number of pyridine rings is 1. The van der Waals surface area contributed by atoms with E-state index in [0.29, 0.717) is 29.5 Å². The highest BCUT2D eigenvalue weighted by Crippen LogP contribution is 2.29. The van der Waals surface area contributed by atoms with E-state index in [1.54, 1.807) is 36.5 Å². The van der Waals surface area contributed by atoms with Crippen molar-refractivity contribution in [2.24, 2.45) is 5.92 Å². The Balaban J connectivity index is 1.61. The van der Waals surface area contributed by atoms with Gasteiger partial charge in [0.25, 0.3) is 0 Å². The molecule has 0 spiro atoms. The number of amides is 1. The standard InChI is InChI=1S/C22H23BrN2O4/c23-18-6-3-13-24-21(18)29-17-10-7-16(8-11-17)14-19(22(27)28)25-20(26)12-9-15-4-1-2-5-15/h3,6-8,10-11,13-15H,1-2,4-5,9,12H2,(H,25,26)(H,27,28)/b19-14-. The highest BCUT2D eigenvalue weighted by Gasteiger charge is 2.17. The van der Waals surface area contributed by atoms with Gasteiger partial charge in [0, 0.05) is 12.6 Å². The van der Waals surface area contributed by atoms with Gasteiger partial charge >= 0.3 is 5.97 Å². The molecule has 0 aliphatic heterocycles. The Morgan fingerprint density at radius 3 is 2.59 bits per heavy atom. The fourth-order valence-corrected chi connectivity index (χ4v) is 3.69. The molecule has 6 nitrogen and oxygen atoms in total. The number of ether oxygens (including phenoxy) is 1. The first-order valence-corrected chi connectivity index (χ1v) is 10.4. The van der Waals surface area contributed by atoms with Crippen molar-refractivity contribution >= 4 is 33.9 Å². The van der Waals surface area contributed by atoms with Gasteiger partial charge in [-0.1, -0.05) is 37.8 Å². The first-order valence-electron chi connectivity index (χ1n) is 9.64. The van der Waals surface area contributed by atoms with E-state index in [2.05, 4.69) is 26.2 Å². The summed E-state index contributed by atoms with van der Waals surface area (Å²) < 4.78 is 6.43. The number of hydrogen-bond donors (Lipinski definition) is 2. The van der Waals surface area contributed by atoms with Crippen LogP contribution in [0.3, 0.4) is 0 Å². The van der Waals surface area contributed by atoms with Crippen LogP contribution in [0.5, 0.6) is 11.6 Å². The second-order valence-electron chi connectivity index (χ2n) is 7.06. The van der Waals surface area contributed by atoms with E-state index in [4.69, 9.17) is 4.74 Å². The van der Waals surface area contributed by atoms with E-state index in [9.17, 15) is 14.7 Å². The van der Waals surface area contributed by atoms with Gasteiger partial charge in [0.1, 0.15) is 11.4 Å². The van der Waals surface area contributed by atoms with Gasteiger partial charge < -0.3 is 15.2 Å². The quantitative estimate of drug-likeness (QED) is 0.534. The molecule has 0 unspecified atom stereocenters. The predicted molar refractivity (Wildman–Crippen MR) is 113 cm³/mol. The molecule has 152 valence electrons. The number of aromatic nitrogens is 1. The third-order valence-corrected chi connectivity index (χ3v) is 5.49. The third kappa shape index (κ3) is 6.42. The second-order valence-corrected chi connectivity index (χ2v) is 7.92. The lowest BCUT2D eigenvalue weighted by Gasteiger charge is -2.10. The molecular weight excluding hydrogens is 436 g/mol. The van der Waals surface area contributed by atoms with E-state index in [1.807, 2.05) is 6.07 Å². The smallest absolute Gasteiger partial charge is 0.352 e. The monoisotopic (exact) mass is 458 g/mol. The van der Waals surface area contributed by atoms with Crippen molar-refractivity contribution in [2.75, 3.05) is 0 Å². The van der Waals surface area contributed by atoms with Gasteiger partial charge in [-0.05, 0) is 64.2 Å². The zero-order valence-electron chi connectivity index (χ0n) is 15.9. The number of halogens is 1. The molecule has 0 radical (unpaired) electrons. The summed E-state index contributed by atoms with van der Waals surface area (Å²) in [5.74, 6) is 0.169. The largest absolute Gasteiger partial charge is 0.477 e. The molecule has 1 aromatic heterocycles. The molecule has 1 aliphatic rings. The van der Waals surface area contributed by atoms with Crippen molar-refractivity contribution in [3.8, 4) is 11.6 Å². The average molecular weight is 459 g/mol. The lowest BCUT2D eigenvalue weighted by molar-refractivity contribution is -0.134. The molecule has 1 fully saturated rings. The number of benzene rings is 1. The number of carbonyl (C=O) groups is 2. The molecule has 1 aromatic carbocycles. The lowest BCUT2D eigenvalue weighted by atomic mass is 10.0. The lowest BCUT2D eigenvalue weighted by Crippen LogP contribution is -2.27. The fraction of sp³-hybridized carbons (Fsp3) is 0.318. The van der Waals surface area contributed by atoms with E-state index in [1.165, 1.54) is 31.8 Å². The summed E-state index contributed by atoms with van der Waals surface area (Å²) >= 11 is 3.37. The molecule has 29 heavy (non-hydrogen) atoms. The Bertz CT molecular complexity index is 890. The molecule has 1 saturated carbocycles. The summed E-state index contributed by atoms with van der Waals surface area (Å²) in [6.07, 6.45) is 9.01. The molecule has 2 aromatic rings. The van der Waals surface area contributed by atoms with Crippen LogP contribution < -0.4 is 10.1 Å². The van der Waals surface area contributed by atoms with Crippen molar-refractivity contribution in [3.05, 3.63) is 58.3 Å². The summed E-state index contributed by atoms with van der Waals surface area (Å²) in [7, 11) is 0. The van der Waals surface area contributed by atoms with Crippen molar-refractivity contribution in [3.63, 3.8) is 0 Å². The minimum atomic E-state index is -1.17. The summed E-state index contributed by atoms with van der Waals surface area (Å²) in [5.41, 5.74) is 0.508. The molecule has 1 heterocycles. The van der Waals surface area contributed by atoms with Crippen molar-refractivity contribution in [1.29, 1.82) is 0 Å². The van der Waals surface area contributed by atoms with E-state index in [0.717, 1.165) is 10.9 Å². The topological polar surface area (TPSA) is 88.5 Å². The Morgan fingerprint density at radius 2 is 1.93 bits per heavy atom. The number of aliphatic carboxylic acids is 1. The Labute approximate surface area is 178 Å². The van der Waals surface area contributed by atoms with Gasteiger partial charge in [-0.3, -0.25) is 4.79 Å². The van der Waals surface area contributed by atoms with Crippen LogP contribution in [0, 0.1) is 5.92 Å². The molecule has 0 bridgehead atoms. The SMILES string of the molecule is O=C(CCC1CCCC1)N/C(=C\c1ccc(Oc2ncccc2Br)cc1)C(=O)O. The first kappa shape index (κ1) is 21.0. The number of carboxylic acids is 1. The van der Waals surface area contributed by atoms with Crippen molar-refractivity contribution < 1.29 is 19.4 Å². The summed E-state index contributed by atoms with van der Waals surface area (Å²) in [6.45, 7) is 0. The summed E-state index contributed by atoms with van der Waals surface area (Å²) in [4.78, 5) is 27.8. The highest BCUT2D eigenvalue weighted by atomic mass is 79.9. The Hall–Kier alpha value is -2.67. The van der Waals surface area contributed by atoms with Crippen molar-refractivity contribution in [1.82, 2.24) is 10.3 Å². The molecule has 1 amide bonds. The maximum atomic E-state index is 12.1. The minimum absolute atomic E-state index is 0.137. The van der Waals surface area contributed by atoms with Gasteiger partial charge in [-0.15, -0.1) is 0 Å². The highest BCUT2D eigenvalue weighted by molar-refractivity contribution is 9.10. The van der Waals surface area contributed by atoms with Gasteiger partial charge in [-0.25, -0.2) is 9.78 Å². The third-order valence-electron chi connectivity index (χ3n) is 4.89. The van der Waals surface area contributed by atoms with Crippen LogP contribution in [-0.2, 0) is 9.59 Å². The second kappa shape index (κ2) is 10.2. The van der Waals surface area contributed by atoms with Crippen LogP contribution in [0.4, 0.5) is 0 Å². The average Bonchev–Trinajstić information content (AvgIpc) is 3.23. The molecule has 3 rings (SSSR count). The van der Waals surface area contributed by atoms with E-state index in [-0.39, 0.29) is 11.6 Å². The zero-order chi connectivity index (χ0) is 20.6. The van der Waals surface area contributed by atoms with Gasteiger partial charge in [0.05, 0.1) is 4.47 Å². The number of hydrogen-bond acceptors (Lipinski definition) is 4. The molecule has 0 saturated heterocycles. The van der Waals surface area contributed by atoms with Gasteiger partial charge in [-0.2, -0.15) is 0 Å². The van der Waals surface area contributed by atoms with Crippen LogP contribution in [-0.4, -0.2) is 22.0 Å². The Morgan fingerprint density at radius 1 is 1.21 bits per heavy atom. The van der Waals surface area contributed by atoms with Gasteiger partial charge in [0.2, 0.25) is 11.8 Å². The molecule has 2 N–H and O–H groups in total. The number of rotatable bonds is 8. The normalized spacial score (nSPS) is 14.6. The molecule has 0 atom stereocenters. The predicted octanol–water partition coefficient (Wildman–Crippen LogP) is 5.15. The number of nitrogens with one attached hydrogen (secondary N) is 1. The zero-order valence-corrected chi connectivity index (χ0v) is 17.5. The Kier molecular flexibility index (Phi) is 7.41.